The molecule has 1 rings (SSSR count). The van der Waals surface area contributed by atoms with Crippen molar-refractivity contribution < 1.29 is 19.2 Å². The van der Waals surface area contributed by atoms with E-state index in [2.05, 4.69) is 9.72 Å². The maximum absolute atomic E-state index is 11.3. The van der Waals surface area contributed by atoms with Crippen molar-refractivity contribution in [1.82, 2.24) is 4.98 Å². The highest BCUT2D eigenvalue weighted by Crippen LogP contribution is 2.27. The molecule has 0 radical (unpaired) electrons. The first-order valence-corrected chi connectivity index (χ1v) is 6.44. The Kier molecular flexibility index (Phi) is 6.23. The molecule has 0 amide bonds. The first-order chi connectivity index (χ1) is 9.10. The number of esters is 1. The van der Waals surface area contributed by atoms with Crippen LogP contribution in [0.1, 0.15) is 16.9 Å². The van der Waals surface area contributed by atoms with Crippen LogP contribution in [0.5, 0.6) is 0 Å². The van der Waals surface area contributed by atoms with Gasteiger partial charge in [0.1, 0.15) is 5.69 Å². The van der Waals surface area contributed by atoms with E-state index >= 15 is 0 Å². The lowest BCUT2D eigenvalue weighted by Crippen LogP contribution is -2.06. The van der Waals surface area contributed by atoms with E-state index in [0.717, 1.165) is 6.42 Å². The van der Waals surface area contributed by atoms with E-state index in [9.17, 15) is 14.9 Å². The Morgan fingerprint density at radius 3 is 2.79 bits per heavy atom. The Morgan fingerprint density at radius 2 is 2.21 bits per heavy atom. The maximum atomic E-state index is 11.3. The number of aromatic nitrogens is 1. The number of nitrogens with zero attached hydrogens (tertiary/aromatic N) is 2. The molecule has 0 aliphatic heterocycles. The molecule has 1 heterocycles. The fourth-order valence-corrected chi connectivity index (χ4v) is 2.18. The Bertz CT molecular complexity index is 466. The summed E-state index contributed by atoms with van der Waals surface area (Å²) in [5.74, 6) is 0.000367. The number of ether oxygens (including phenoxy) is 2. The summed E-state index contributed by atoms with van der Waals surface area (Å²) in [5.41, 5.74) is -0.0580. The van der Waals surface area contributed by atoms with E-state index in [1.807, 2.05) is 0 Å². The van der Waals surface area contributed by atoms with Crippen molar-refractivity contribution in [2.45, 2.75) is 11.4 Å². The van der Waals surface area contributed by atoms with E-state index in [-0.39, 0.29) is 16.4 Å². The lowest BCUT2D eigenvalue weighted by Gasteiger charge is -2.04. The monoisotopic (exact) mass is 286 g/mol. The smallest absolute Gasteiger partial charge is 0.356 e. The van der Waals surface area contributed by atoms with Gasteiger partial charge in [0.2, 0.25) is 0 Å². The number of rotatable bonds is 7. The first-order valence-electron chi connectivity index (χ1n) is 5.45. The van der Waals surface area contributed by atoms with Gasteiger partial charge in [0.05, 0.1) is 12.0 Å². The summed E-state index contributed by atoms with van der Waals surface area (Å²) in [6.07, 6.45) is 0.739. The second kappa shape index (κ2) is 7.70. The molecule has 104 valence electrons. The minimum Gasteiger partial charge on any atom is -0.464 e. The number of thioether (sulfide) groups is 1. The molecule has 0 atom stereocenters. The molecular formula is C11H14N2O5S. The van der Waals surface area contributed by atoms with Crippen molar-refractivity contribution in [3.63, 3.8) is 0 Å². The highest BCUT2D eigenvalue weighted by Gasteiger charge is 2.19. The lowest BCUT2D eigenvalue weighted by molar-refractivity contribution is -0.388. The summed E-state index contributed by atoms with van der Waals surface area (Å²) in [6, 6.07) is 2.54. The van der Waals surface area contributed by atoms with Crippen molar-refractivity contribution in [3.8, 4) is 0 Å². The Morgan fingerprint density at radius 1 is 1.47 bits per heavy atom. The van der Waals surface area contributed by atoms with Gasteiger partial charge >= 0.3 is 11.7 Å². The predicted octanol–water partition coefficient (Wildman–Crippen LogP) is 1.91. The molecule has 0 unspecified atom stereocenters. The first kappa shape index (κ1) is 15.4. The highest BCUT2D eigenvalue weighted by atomic mass is 32.2. The lowest BCUT2D eigenvalue weighted by atomic mass is 10.3. The number of pyridine rings is 1. The van der Waals surface area contributed by atoms with Crippen LogP contribution in [0, 0.1) is 10.1 Å². The van der Waals surface area contributed by atoms with Crippen molar-refractivity contribution in [1.29, 1.82) is 0 Å². The van der Waals surface area contributed by atoms with Crippen molar-refractivity contribution in [3.05, 3.63) is 27.9 Å². The van der Waals surface area contributed by atoms with Gasteiger partial charge in [0, 0.05) is 25.5 Å². The van der Waals surface area contributed by atoms with Crippen LogP contribution in [0.25, 0.3) is 0 Å². The van der Waals surface area contributed by atoms with Gasteiger partial charge in [-0.15, -0.1) is 0 Å². The zero-order valence-electron chi connectivity index (χ0n) is 10.6. The average Bonchev–Trinajstić information content (AvgIpc) is 2.42. The van der Waals surface area contributed by atoms with Crippen LogP contribution in [0.2, 0.25) is 0 Å². The number of hydrogen-bond acceptors (Lipinski definition) is 7. The number of hydrogen-bond donors (Lipinski definition) is 0. The predicted molar refractivity (Wildman–Crippen MR) is 69.4 cm³/mol. The molecule has 0 fully saturated rings. The SMILES string of the molecule is COCCCSc1nc(C(=O)OC)ccc1[N+](=O)[O-]. The summed E-state index contributed by atoms with van der Waals surface area (Å²) in [4.78, 5) is 25.7. The Hall–Kier alpha value is -1.67. The number of carbonyl (C=O) groups excluding carboxylic acids is 1. The van der Waals surface area contributed by atoms with E-state index in [1.54, 1.807) is 7.11 Å². The molecule has 1 aromatic rings. The molecule has 0 N–H and O–H groups in total. The number of carbonyl (C=O) groups is 1. The number of nitro groups is 1. The standard InChI is InChI=1S/C11H14N2O5S/c1-17-6-3-7-19-10-9(13(15)16)5-4-8(12-10)11(14)18-2/h4-5H,3,6-7H2,1-2H3. The van der Waals surface area contributed by atoms with E-state index in [1.165, 1.54) is 31.0 Å². The summed E-state index contributed by atoms with van der Waals surface area (Å²) >= 11 is 1.22. The molecular weight excluding hydrogens is 272 g/mol. The van der Waals surface area contributed by atoms with Crippen LogP contribution in [-0.2, 0) is 9.47 Å². The average molecular weight is 286 g/mol. The molecule has 0 spiro atoms. The normalized spacial score (nSPS) is 10.2. The van der Waals surface area contributed by atoms with Crippen LogP contribution in [0.3, 0.4) is 0 Å². The molecule has 1 aromatic heterocycles. The molecule has 0 aliphatic rings. The van der Waals surface area contributed by atoms with Gasteiger partial charge in [-0.1, -0.05) is 11.8 Å². The third kappa shape index (κ3) is 4.49. The zero-order chi connectivity index (χ0) is 14.3. The molecule has 0 bridgehead atoms. The summed E-state index contributed by atoms with van der Waals surface area (Å²) in [6.45, 7) is 0.567. The van der Waals surface area contributed by atoms with Crippen LogP contribution in [0.4, 0.5) is 5.69 Å². The Balaban J connectivity index is 2.89. The largest absolute Gasteiger partial charge is 0.464 e. The van der Waals surface area contributed by atoms with E-state index < -0.39 is 10.9 Å². The summed E-state index contributed by atoms with van der Waals surface area (Å²) < 4.78 is 9.43. The van der Waals surface area contributed by atoms with Crippen LogP contribution < -0.4 is 0 Å². The fourth-order valence-electron chi connectivity index (χ4n) is 1.27. The third-order valence-electron chi connectivity index (χ3n) is 2.16. The van der Waals surface area contributed by atoms with Gasteiger partial charge in [0.25, 0.3) is 0 Å². The van der Waals surface area contributed by atoms with Crippen molar-refractivity contribution in [2.24, 2.45) is 0 Å². The van der Waals surface area contributed by atoms with Gasteiger partial charge in [-0.05, 0) is 12.5 Å². The summed E-state index contributed by atoms with van der Waals surface area (Å²) in [5, 5.41) is 11.1. The molecule has 7 nitrogen and oxygen atoms in total. The van der Waals surface area contributed by atoms with Crippen LogP contribution in [-0.4, -0.2) is 42.5 Å². The molecule has 8 heteroatoms. The molecule has 0 aliphatic carbocycles. The van der Waals surface area contributed by atoms with Crippen LogP contribution >= 0.6 is 11.8 Å². The van der Waals surface area contributed by atoms with Gasteiger partial charge in [-0.25, -0.2) is 9.78 Å². The quantitative estimate of drug-likeness (QED) is 0.248. The van der Waals surface area contributed by atoms with Crippen LogP contribution in [0.15, 0.2) is 17.2 Å². The van der Waals surface area contributed by atoms with Gasteiger partial charge in [-0.2, -0.15) is 0 Å². The highest BCUT2D eigenvalue weighted by molar-refractivity contribution is 7.99. The van der Waals surface area contributed by atoms with Gasteiger partial charge in [0.15, 0.2) is 5.03 Å². The Labute approximate surface area is 114 Å². The fraction of sp³-hybridized carbons (Fsp3) is 0.455. The van der Waals surface area contributed by atoms with Gasteiger partial charge < -0.3 is 9.47 Å². The van der Waals surface area contributed by atoms with Gasteiger partial charge in [-0.3, -0.25) is 10.1 Å². The minimum atomic E-state index is -0.617. The van der Waals surface area contributed by atoms with E-state index in [4.69, 9.17) is 4.74 Å². The molecule has 0 saturated heterocycles. The second-order valence-electron chi connectivity index (χ2n) is 3.46. The van der Waals surface area contributed by atoms with Crippen molar-refractivity contribution in [2.75, 3.05) is 26.6 Å². The number of methoxy groups -OCH3 is 2. The molecule has 0 aromatic carbocycles. The van der Waals surface area contributed by atoms with E-state index in [0.29, 0.717) is 12.4 Å². The molecule has 0 saturated carbocycles. The topological polar surface area (TPSA) is 91.6 Å². The maximum Gasteiger partial charge on any atom is 0.356 e. The summed E-state index contributed by atoms with van der Waals surface area (Å²) in [7, 11) is 2.82. The minimum absolute atomic E-state index is 0.0577. The van der Waals surface area contributed by atoms with Crippen molar-refractivity contribution >= 4 is 23.4 Å². The second-order valence-corrected chi connectivity index (χ2v) is 4.55. The zero-order valence-corrected chi connectivity index (χ0v) is 11.4. The third-order valence-corrected chi connectivity index (χ3v) is 3.23. The molecule has 19 heavy (non-hydrogen) atoms.